The van der Waals surface area contributed by atoms with Gasteiger partial charge in [-0.15, -0.1) is 0 Å². The molecule has 0 atom stereocenters. The molecule has 0 aromatic heterocycles. The Balaban J connectivity index is 1.55. The first-order valence-electron chi connectivity index (χ1n) is 7.49. The molecule has 2 aliphatic rings. The van der Waals surface area contributed by atoms with E-state index in [1.165, 1.54) is 0 Å². The number of amides is 2. The number of carbonyl (C=O) groups excluding carboxylic acids is 2. The lowest BCUT2D eigenvalue weighted by molar-refractivity contribution is -0.126. The van der Waals surface area contributed by atoms with E-state index in [0.717, 1.165) is 25.7 Å². The van der Waals surface area contributed by atoms with Crippen LogP contribution in [-0.4, -0.2) is 35.8 Å². The largest absolute Gasteiger partial charge is 0.353 e. The van der Waals surface area contributed by atoms with E-state index in [2.05, 4.69) is 5.32 Å². The highest BCUT2D eigenvalue weighted by atomic mass is 35.5. The van der Waals surface area contributed by atoms with Crippen molar-refractivity contribution in [3.05, 3.63) is 34.9 Å². The summed E-state index contributed by atoms with van der Waals surface area (Å²) in [5.41, 5.74) is 0.614. The van der Waals surface area contributed by atoms with Gasteiger partial charge in [0.05, 0.1) is 0 Å². The standard InChI is InChI=1S/C16H19ClN2O2/c17-13-3-1-2-12(10-13)16(21)19-8-6-11(7-9-19)15(20)18-14-4-5-14/h1-3,10-11,14H,4-9H2,(H,18,20). The highest BCUT2D eigenvalue weighted by molar-refractivity contribution is 6.30. The van der Waals surface area contributed by atoms with Gasteiger partial charge >= 0.3 is 0 Å². The third kappa shape index (κ3) is 3.56. The fourth-order valence-corrected chi connectivity index (χ4v) is 2.89. The summed E-state index contributed by atoms with van der Waals surface area (Å²) in [6, 6.07) is 7.41. The van der Waals surface area contributed by atoms with Crippen molar-refractivity contribution in [3.8, 4) is 0 Å². The van der Waals surface area contributed by atoms with Crippen molar-refractivity contribution in [2.24, 2.45) is 5.92 Å². The van der Waals surface area contributed by atoms with Crippen molar-refractivity contribution in [1.82, 2.24) is 10.2 Å². The van der Waals surface area contributed by atoms with Crippen LogP contribution in [0.5, 0.6) is 0 Å². The van der Waals surface area contributed by atoms with E-state index in [0.29, 0.717) is 29.7 Å². The minimum absolute atomic E-state index is 0.00134. The monoisotopic (exact) mass is 306 g/mol. The van der Waals surface area contributed by atoms with Crippen molar-refractivity contribution in [1.29, 1.82) is 0 Å². The van der Waals surface area contributed by atoms with Gasteiger partial charge in [0.1, 0.15) is 0 Å². The molecule has 1 aromatic rings. The first kappa shape index (κ1) is 14.4. The molecule has 1 heterocycles. The topological polar surface area (TPSA) is 49.4 Å². The maximum absolute atomic E-state index is 12.4. The molecule has 1 saturated heterocycles. The number of nitrogens with one attached hydrogen (secondary N) is 1. The molecule has 0 unspecified atom stereocenters. The Morgan fingerprint density at radius 1 is 1.14 bits per heavy atom. The van der Waals surface area contributed by atoms with Crippen LogP contribution >= 0.6 is 11.6 Å². The molecule has 0 radical (unpaired) electrons. The molecule has 1 saturated carbocycles. The fourth-order valence-electron chi connectivity index (χ4n) is 2.70. The van der Waals surface area contributed by atoms with Crippen LogP contribution in [0.4, 0.5) is 0 Å². The Morgan fingerprint density at radius 3 is 2.48 bits per heavy atom. The predicted molar refractivity (Wildman–Crippen MR) is 81.2 cm³/mol. The summed E-state index contributed by atoms with van der Waals surface area (Å²) in [5, 5.41) is 3.62. The predicted octanol–water partition coefficient (Wildman–Crippen LogP) is 2.47. The number of hydrogen-bond donors (Lipinski definition) is 1. The SMILES string of the molecule is O=C(NC1CC1)C1CCN(C(=O)c2cccc(Cl)c2)CC1. The first-order chi connectivity index (χ1) is 10.1. The lowest BCUT2D eigenvalue weighted by Gasteiger charge is -2.31. The third-order valence-electron chi connectivity index (χ3n) is 4.15. The molecule has 21 heavy (non-hydrogen) atoms. The number of rotatable bonds is 3. The molecule has 3 rings (SSSR count). The van der Waals surface area contributed by atoms with Crippen LogP contribution in [0.3, 0.4) is 0 Å². The van der Waals surface area contributed by atoms with Gasteiger partial charge in [-0.1, -0.05) is 17.7 Å². The Kier molecular flexibility index (Phi) is 4.15. The van der Waals surface area contributed by atoms with E-state index < -0.39 is 0 Å². The summed E-state index contributed by atoms with van der Waals surface area (Å²) in [4.78, 5) is 26.2. The number of benzene rings is 1. The van der Waals surface area contributed by atoms with Crippen LogP contribution in [0.15, 0.2) is 24.3 Å². The Hall–Kier alpha value is -1.55. The Morgan fingerprint density at radius 2 is 1.86 bits per heavy atom. The van der Waals surface area contributed by atoms with E-state index in [1.54, 1.807) is 24.3 Å². The number of piperidine rings is 1. The second-order valence-corrected chi connectivity index (χ2v) is 6.30. The van der Waals surface area contributed by atoms with Gasteiger partial charge in [-0.25, -0.2) is 0 Å². The zero-order chi connectivity index (χ0) is 14.8. The lowest BCUT2D eigenvalue weighted by Crippen LogP contribution is -2.43. The smallest absolute Gasteiger partial charge is 0.253 e. The number of likely N-dealkylation sites (tertiary alicyclic amines) is 1. The molecule has 1 aromatic carbocycles. The summed E-state index contributed by atoms with van der Waals surface area (Å²) in [6.45, 7) is 1.27. The zero-order valence-electron chi connectivity index (χ0n) is 11.8. The van der Waals surface area contributed by atoms with Crippen molar-refractivity contribution in [2.45, 2.75) is 31.7 Å². The molecular formula is C16H19ClN2O2. The normalized spacial score (nSPS) is 19.4. The molecule has 2 amide bonds. The molecule has 5 heteroatoms. The van der Waals surface area contributed by atoms with Gasteiger partial charge in [-0.05, 0) is 43.9 Å². The second kappa shape index (κ2) is 6.06. The van der Waals surface area contributed by atoms with Crippen LogP contribution in [-0.2, 0) is 4.79 Å². The summed E-state index contributed by atoms with van der Waals surface area (Å²) in [6.07, 6.45) is 3.70. The molecule has 1 N–H and O–H groups in total. The minimum atomic E-state index is -0.00134. The van der Waals surface area contributed by atoms with E-state index >= 15 is 0 Å². The van der Waals surface area contributed by atoms with E-state index in [-0.39, 0.29) is 17.7 Å². The van der Waals surface area contributed by atoms with Crippen molar-refractivity contribution in [2.75, 3.05) is 13.1 Å². The van der Waals surface area contributed by atoms with Gasteiger partial charge in [-0.3, -0.25) is 9.59 Å². The molecule has 1 aliphatic heterocycles. The second-order valence-electron chi connectivity index (χ2n) is 5.86. The number of carbonyl (C=O) groups is 2. The average Bonchev–Trinajstić information content (AvgIpc) is 3.30. The van der Waals surface area contributed by atoms with Gasteiger partial charge in [0.25, 0.3) is 5.91 Å². The van der Waals surface area contributed by atoms with Crippen LogP contribution in [0.25, 0.3) is 0 Å². The van der Waals surface area contributed by atoms with Crippen molar-refractivity contribution >= 4 is 23.4 Å². The van der Waals surface area contributed by atoms with Crippen molar-refractivity contribution in [3.63, 3.8) is 0 Å². The van der Waals surface area contributed by atoms with Crippen LogP contribution in [0.2, 0.25) is 5.02 Å². The highest BCUT2D eigenvalue weighted by Crippen LogP contribution is 2.23. The van der Waals surface area contributed by atoms with Gasteiger partial charge in [0, 0.05) is 35.6 Å². The Bertz CT molecular complexity index is 549. The van der Waals surface area contributed by atoms with Crippen molar-refractivity contribution < 1.29 is 9.59 Å². The molecule has 2 fully saturated rings. The fraction of sp³-hybridized carbons (Fsp3) is 0.500. The highest BCUT2D eigenvalue weighted by Gasteiger charge is 2.31. The number of nitrogens with zero attached hydrogens (tertiary/aromatic N) is 1. The summed E-state index contributed by atoms with van der Waals surface area (Å²) >= 11 is 5.92. The van der Waals surface area contributed by atoms with E-state index in [9.17, 15) is 9.59 Å². The average molecular weight is 307 g/mol. The van der Waals surface area contributed by atoms with Gasteiger partial charge < -0.3 is 10.2 Å². The molecule has 4 nitrogen and oxygen atoms in total. The quantitative estimate of drug-likeness (QED) is 0.932. The number of hydrogen-bond acceptors (Lipinski definition) is 2. The molecular weight excluding hydrogens is 288 g/mol. The third-order valence-corrected chi connectivity index (χ3v) is 4.38. The minimum Gasteiger partial charge on any atom is -0.353 e. The summed E-state index contributed by atoms with van der Waals surface area (Å²) in [7, 11) is 0. The van der Waals surface area contributed by atoms with E-state index in [4.69, 9.17) is 11.6 Å². The number of halogens is 1. The first-order valence-corrected chi connectivity index (χ1v) is 7.86. The van der Waals surface area contributed by atoms with Gasteiger partial charge in [0.15, 0.2) is 0 Å². The van der Waals surface area contributed by atoms with E-state index in [1.807, 2.05) is 4.90 Å². The molecule has 0 spiro atoms. The van der Waals surface area contributed by atoms with Gasteiger partial charge in [0.2, 0.25) is 5.91 Å². The maximum atomic E-state index is 12.4. The van der Waals surface area contributed by atoms with Crippen LogP contribution < -0.4 is 5.32 Å². The van der Waals surface area contributed by atoms with Crippen LogP contribution in [0, 0.1) is 5.92 Å². The zero-order valence-corrected chi connectivity index (χ0v) is 12.6. The Labute approximate surface area is 129 Å². The molecule has 112 valence electrons. The summed E-state index contributed by atoms with van der Waals surface area (Å²) < 4.78 is 0. The van der Waals surface area contributed by atoms with Gasteiger partial charge in [-0.2, -0.15) is 0 Å². The maximum Gasteiger partial charge on any atom is 0.253 e. The van der Waals surface area contributed by atoms with Crippen LogP contribution in [0.1, 0.15) is 36.0 Å². The lowest BCUT2D eigenvalue weighted by atomic mass is 9.95. The summed E-state index contributed by atoms with van der Waals surface area (Å²) in [5.74, 6) is 0.208. The molecule has 0 bridgehead atoms. The molecule has 1 aliphatic carbocycles.